The lowest BCUT2D eigenvalue weighted by atomic mass is 10.1. The van der Waals surface area contributed by atoms with Crippen molar-refractivity contribution < 1.29 is 14.3 Å². The molecule has 1 aromatic carbocycles. The first-order valence-corrected chi connectivity index (χ1v) is 8.65. The summed E-state index contributed by atoms with van der Waals surface area (Å²) in [6.07, 6.45) is 2.30. The number of carbonyl (C=O) groups is 1. The van der Waals surface area contributed by atoms with Crippen LogP contribution in [0.1, 0.15) is 40.2 Å². The van der Waals surface area contributed by atoms with Gasteiger partial charge in [-0.3, -0.25) is 9.48 Å². The van der Waals surface area contributed by atoms with Crippen molar-refractivity contribution in [3.63, 3.8) is 0 Å². The van der Waals surface area contributed by atoms with Crippen LogP contribution in [0.3, 0.4) is 0 Å². The Morgan fingerprint density at radius 1 is 1.40 bits per heavy atom. The molecule has 1 atom stereocenters. The average Bonchev–Trinajstić information content (AvgIpc) is 3.21. The van der Waals surface area contributed by atoms with Gasteiger partial charge < -0.3 is 14.8 Å². The van der Waals surface area contributed by atoms with Crippen molar-refractivity contribution >= 4 is 5.91 Å². The van der Waals surface area contributed by atoms with E-state index in [1.165, 1.54) is 0 Å². The van der Waals surface area contributed by atoms with Gasteiger partial charge in [-0.1, -0.05) is 12.1 Å². The number of amides is 1. The summed E-state index contributed by atoms with van der Waals surface area (Å²) in [5.74, 6) is 0.658. The number of carbonyl (C=O) groups excluding carboxylic acids is 1. The van der Waals surface area contributed by atoms with Crippen molar-refractivity contribution in [2.24, 2.45) is 7.05 Å². The highest BCUT2D eigenvalue weighted by Gasteiger charge is 2.17. The van der Waals surface area contributed by atoms with Crippen LogP contribution in [0, 0.1) is 13.8 Å². The Kier molecular flexibility index (Phi) is 5.38. The molecule has 1 N–H and O–H groups in total. The number of ether oxygens (including phenoxy) is 2. The summed E-state index contributed by atoms with van der Waals surface area (Å²) in [5.41, 5.74) is 3.45. The number of aryl methyl sites for hydroxylation is 3. The quantitative estimate of drug-likeness (QED) is 0.875. The fourth-order valence-electron chi connectivity index (χ4n) is 2.99. The third kappa shape index (κ3) is 4.39. The van der Waals surface area contributed by atoms with Crippen LogP contribution >= 0.6 is 0 Å². The molecule has 134 valence electrons. The Morgan fingerprint density at radius 3 is 2.92 bits per heavy atom. The normalized spacial score (nSPS) is 16.8. The topological polar surface area (TPSA) is 65.4 Å². The standard InChI is InChI=1S/C19H25N3O3/c1-13-6-7-15(18(9-13)25-12-16-5-4-8-24-16)11-20-19(23)17-10-14(2)21-22(17)3/h6-7,9-10,16H,4-5,8,11-12H2,1-3H3,(H,20,23)/t16-/m1/s1. The van der Waals surface area contributed by atoms with Gasteiger partial charge in [0.25, 0.3) is 5.91 Å². The lowest BCUT2D eigenvalue weighted by Gasteiger charge is -2.16. The molecule has 2 heterocycles. The van der Waals surface area contributed by atoms with Crippen LogP contribution in [0.5, 0.6) is 5.75 Å². The Balaban J connectivity index is 1.64. The molecule has 1 aliphatic heterocycles. The summed E-state index contributed by atoms with van der Waals surface area (Å²) in [5, 5.41) is 7.15. The van der Waals surface area contributed by atoms with E-state index in [4.69, 9.17) is 9.47 Å². The molecule has 25 heavy (non-hydrogen) atoms. The molecule has 0 bridgehead atoms. The zero-order valence-corrected chi connectivity index (χ0v) is 15.0. The number of aromatic nitrogens is 2. The van der Waals surface area contributed by atoms with Crippen molar-refractivity contribution in [3.8, 4) is 5.75 Å². The molecule has 1 aliphatic rings. The van der Waals surface area contributed by atoms with Crippen LogP contribution in [-0.2, 0) is 18.3 Å². The second-order valence-electron chi connectivity index (χ2n) is 6.53. The molecular formula is C19H25N3O3. The third-order valence-electron chi connectivity index (χ3n) is 4.35. The van der Waals surface area contributed by atoms with E-state index in [9.17, 15) is 4.79 Å². The zero-order valence-electron chi connectivity index (χ0n) is 15.0. The van der Waals surface area contributed by atoms with E-state index in [-0.39, 0.29) is 12.0 Å². The van der Waals surface area contributed by atoms with Crippen LogP contribution in [0.4, 0.5) is 0 Å². The largest absolute Gasteiger partial charge is 0.491 e. The number of nitrogens with zero attached hydrogens (tertiary/aromatic N) is 2. The van der Waals surface area contributed by atoms with E-state index in [1.54, 1.807) is 17.8 Å². The van der Waals surface area contributed by atoms with Gasteiger partial charge in [0.2, 0.25) is 0 Å². The molecule has 6 nitrogen and oxygen atoms in total. The minimum Gasteiger partial charge on any atom is -0.491 e. The first kappa shape index (κ1) is 17.5. The van der Waals surface area contributed by atoms with Crippen molar-refractivity contribution in [1.29, 1.82) is 0 Å². The summed E-state index contributed by atoms with van der Waals surface area (Å²) in [7, 11) is 1.77. The molecule has 0 saturated carbocycles. The first-order valence-electron chi connectivity index (χ1n) is 8.65. The Bertz CT molecular complexity index is 748. The molecular weight excluding hydrogens is 318 g/mol. The van der Waals surface area contributed by atoms with Crippen LogP contribution in [-0.4, -0.2) is 35.0 Å². The lowest BCUT2D eigenvalue weighted by molar-refractivity contribution is 0.0675. The molecule has 1 amide bonds. The van der Waals surface area contributed by atoms with Gasteiger partial charge in [0.05, 0.1) is 11.8 Å². The minimum absolute atomic E-state index is 0.145. The average molecular weight is 343 g/mol. The van der Waals surface area contributed by atoms with Gasteiger partial charge in [-0.15, -0.1) is 0 Å². The second-order valence-corrected chi connectivity index (χ2v) is 6.53. The van der Waals surface area contributed by atoms with Crippen LogP contribution < -0.4 is 10.1 Å². The van der Waals surface area contributed by atoms with Crippen LogP contribution in [0.15, 0.2) is 24.3 Å². The maximum atomic E-state index is 12.4. The van der Waals surface area contributed by atoms with Crippen LogP contribution in [0.2, 0.25) is 0 Å². The molecule has 0 spiro atoms. The smallest absolute Gasteiger partial charge is 0.269 e. The van der Waals surface area contributed by atoms with Crippen LogP contribution in [0.25, 0.3) is 0 Å². The number of benzene rings is 1. The highest BCUT2D eigenvalue weighted by atomic mass is 16.5. The maximum Gasteiger partial charge on any atom is 0.269 e. The molecule has 0 radical (unpaired) electrons. The Morgan fingerprint density at radius 2 is 2.24 bits per heavy atom. The maximum absolute atomic E-state index is 12.4. The number of hydrogen-bond acceptors (Lipinski definition) is 4. The summed E-state index contributed by atoms with van der Waals surface area (Å²) in [6, 6.07) is 7.80. The third-order valence-corrected chi connectivity index (χ3v) is 4.35. The van der Waals surface area contributed by atoms with Crippen molar-refractivity contribution in [2.45, 2.75) is 39.3 Å². The molecule has 3 rings (SSSR count). The fourth-order valence-corrected chi connectivity index (χ4v) is 2.99. The predicted molar refractivity (Wildman–Crippen MR) is 94.8 cm³/mol. The summed E-state index contributed by atoms with van der Waals surface area (Å²) in [4.78, 5) is 12.4. The van der Waals surface area contributed by atoms with E-state index in [1.807, 2.05) is 32.0 Å². The summed E-state index contributed by atoms with van der Waals surface area (Å²) in [6.45, 7) is 5.66. The first-order chi connectivity index (χ1) is 12.0. The highest BCUT2D eigenvalue weighted by Crippen LogP contribution is 2.22. The lowest BCUT2D eigenvalue weighted by Crippen LogP contribution is -2.25. The molecule has 1 aromatic heterocycles. The molecule has 6 heteroatoms. The molecule has 1 saturated heterocycles. The monoisotopic (exact) mass is 343 g/mol. The van der Waals surface area contributed by atoms with E-state index in [0.717, 1.165) is 42.0 Å². The van der Waals surface area contributed by atoms with E-state index in [0.29, 0.717) is 18.8 Å². The molecule has 2 aromatic rings. The van der Waals surface area contributed by atoms with Gasteiger partial charge >= 0.3 is 0 Å². The van der Waals surface area contributed by atoms with E-state index >= 15 is 0 Å². The molecule has 0 unspecified atom stereocenters. The summed E-state index contributed by atoms with van der Waals surface area (Å²) < 4.78 is 13.2. The fraction of sp³-hybridized carbons (Fsp3) is 0.474. The number of hydrogen-bond donors (Lipinski definition) is 1. The number of nitrogens with one attached hydrogen (secondary N) is 1. The molecule has 0 aliphatic carbocycles. The highest BCUT2D eigenvalue weighted by molar-refractivity contribution is 5.92. The second kappa shape index (κ2) is 7.70. The van der Waals surface area contributed by atoms with Gasteiger partial charge in [0, 0.05) is 25.8 Å². The SMILES string of the molecule is Cc1ccc(CNC(=O)c2cc(C)nn2C)c(OC[C@H]2CCCO2)c1. The van der Waals surface area contributed by atoms with Gasteiger partial charge in [-0.05, 0) is 44.4 Å². The minimum atomic E-state index is -0.145. The van der Waals surface area contributed by atoms with Gasteiger partial charge in [-0.2, -0.15) is 5.10 Å². The van der Waals surface area contributed by atoms with Gasteiger partial charge in [-0.25, -0.2) is 0 Å². The zero-order chi connectivity index (χ0) is 17.8. The van der Waals surface area contributed by atoms with Gasteiger partial charge in [0.1, 0.15) is 18.1 Å². The Labute approximate surface area is 148 Å². The predicted octanol–water partition coefficient (Wildman–Crippen LogP) is 2.52. The Hall–Kier alpha value is -2.34. The number of rotatable bonds is 6. The van der Waals surface area contributed by atoms with E-state index < -0.39 is 0 Å². The van der Waals surface area contributed by atoms with Crippen molar-refractivity contribution in [1.82, 2.24) is 15.1 Å². The van der Waals surface area contributed by atoms with Gasteiger partial charge in [0.15, 0.2) is 0 Å². The summed E-state index contributed by atoms with van der Waals surface area (Å²) >= 11 is 0. The van der Waals surface area contributed by atoms with E-state index in [2.05, 4.69) is 10.4 Å². The molecule has 1 fully saturated rings. The van der Waals surface area contributed by atoms with Crippen molar-refractivity contribution in [2.75, 3.05) is 13.2 Å². The van der Waals surface area contributed by atoms with Crippen molar-refractivity contribution in [3.05, 3.63) is 46.8 Å².